The zero-order valence-corrected chi connectivity index (χ0v) is 12.6. The molecule has 0 bridgehead atoms. The second kappa shape index (κ2) is 7.65. The normalized spacial score (nSPS) is 16.6. The Bertz CT molecular complexity index is 512. The monoisotopic (exact) mass is 332 g/mol. The van der Waals surface area contributed by atoms with Gasteiger partial charge in [-0.15, -0.1) is 0 Å². The van der Waals surface area contributed by atoms with Crippen molar-refractivity contribution in [1.29, 1.82) is 0 Å². The van der Waals surface area contributed by atoms with Crippen molar-refractivity contribution >= 4 is 5.91 Å². The molecule has 0 saturated carbocycles. The summed E-state index contributed by atoms with van der Waals surface area (Å²) in [4.78, 5) is 15.9. The Labute approximate surface area is 132 Å². The van der Waals surface area contributed by atoms with Crippen molar-refractivity contribution in [2.24, 2.45) is 0 Å². The summed E-state index contributed by atoms with van der Waals surface area (Å²) in [7, 11) is 0. The lowest BCUT2D eigenvalue weighted by atomic mass is 10.1. The number of carbonyl (C=O) groups excluding carboxylic acids is 1. The van der Waals surface area contributed by atoms with Crippen LogP contribution in [-0.2, 0) is 4.74 Å². The van der Waals surface area contributed by atoms with Gasteiger partial charge in [0.2, 0.25) is 0 Å². The van der Waals surface area contributed by atoms with Gasteiger partial charge in [0.1, 0.15) is 12.4 Å². The van der Waals surface area contributed by atoms with Crippen LogP contribution in [-0.4, -0.2) is 72.9 Å². The van der Waals surface area contributed by atoms with Gasteiger partial charge in [-0.1, -0.05) is 0 Å². The summed E-state index contributed by atoms with van der Waals surface area (Å²) in [5, 5.41) is 9.22. The Balaban J connectivity index is 1.71. The molecule has 128 valence electrons. The lowest BCUT2D eigenvalue weighted by molar-refractivity contribution is -0.174. The predicted octanol–water partition coefficient (Wildman–Crippen LogP) is 1.73. The molecule has 1 fully saturated rings. The van der Waals surface area contributed by atoms with Gasteiger partial charge in [-0.2, -0.15) is 13.2 Å². The van der Waals surface area contributed by atoms with Crippen LogP contribution in [0.25, 0.3) is 0 Å². The maximum atomic E-state index is 12.3. The molecule has 0 aromatic heterocycles. The van der Waals surface area contributed by atoms with Crippen molar-refractivity contribution in [3.8, 4) is 5.75 Å². The van der Waals surface area contributed by atoms with E-state index in [1.165, 1.54) is 12.1 Å². The molecule has 8 heteroatoms. The lowest BCUT2D eigenvalue weighted by Gasteiger charge is -2.34. The van der Waals surface area contributed by atoms with Gasteiger partial charge in [0.05, 0.1) is 6.61 Å². The first-order chi connectivity index (χ1) is 10.8. The molecule has 1 aromatic rings. The number of halogens is 3. The fourth-order valence-electron chi connectivity index (χ4n) is 2.34. The van der Waals surface area contributed by atoms with E-state index < -0.39 is 12.8 Å². The van der Waals surface area contributed by atoms with Gasteiger partial charge in [-0.05, 0) is 24.3 Å². The molecule has 1 N–H and O–H groups in total. The number of piperazine rings is 1. The summed E-state index contributed by atoms with van der Waals surface area (Å²) < 4.78 is 40.4. The Morgan fingerprint density at radius 1 is 1.13 bits per heavy atom. The average Bonchev–Trinajstić information content (AvgIpc) is 2.51. The van der Waals surface area contributed by atoms with E-state index in [4.69, 9.17) is 0 Å². The molecule has 5 nitrogen and oxygen atoms in total. The Kier molecular flexibility index (Phi) is 5.84. The number of carbonyl (C=O) groups is 1. The van der Waals surface area contributed by atoms with E-state index in [0.29, 0.717) is 38.3 Å². The average molecular weight is 332 g/mol. The molecule has 0 radical (unpaired) electrons. The molecular formula is C15H19F3N2O3. The molecule has 0 spiro atoms. The number of phenols is 1. The topological polar surface area (TPSA) is 53.0 Å². The largest absolute Gasteiger partial charge is 0.508 e. The number of nitrogens with zero attached hydrogens (tertiary/aromatic N) is 2. The van der Waals surface area contributed by atoms with Crippen LogP contribution in [0, 0.1) is 0 Å². The highest BCUT2D eigenvalue weighted by Crippen LogP contribution is 2.15. The molecule has 0 aliphatic carbocycles. The molecule has 23 heavy (non-hydrogen) atoms. The van der Waals surface area contributed by atoms with Crippen LogP contribution >= 0.6 is 0 Å². The number of alkyl halides is 3. The molecule has 1 saturated heterocycles. The molecule has 1 aliphatic rings. The summed E-state index contributed by atoms with van der Waals surface area (Å²) in [6.07, 6.45) is -4.30. The highest BCUT2D eigenvalue weighted by atomic mass is 19.4. The number of aromatic hydroxyl groups is 1. The minimum Gasteiger partial charge on any atom is -0.508 e. The van der Waals surface area contributed by atoms with Crippen molar-refractivity contribution in [3.63, 3.8) is 0 Å². The van der Waals surface area contributed by atoms with Crippen LogP contribution < -0.4 is 0 Å². The van der Waals surface area contributed by atoms with Crippen molar-refractivity contribution in [2.75, 3.05) is 45.9 Å². The fourth-order valence-corrected chi connectivity index (χ4v) is 2.34. The number of phenolic OH excluding ortho intramolecular Hbond substituents is 1. The minimum atomic E-state index is -4.30. The first-order valence-corrected chi connectivity index (χ1v) is 7.30. The molecule has 0 unspecified atom stereocenters. The number of hydrogen-bond acceptors (Lipinski definition) is 4. The van der Waals surface area contributed by atoms with Crippen LogP contribution in [0.1, 0.15) is 10.4 Å². The maximum Gasteiger partial charge on any atom is 0.411 e. The fraction of sp³-hybridized carbons (Fsp3) is 0.533. The zero-order valence-electron chi connectivity index (χ0n) is 12.6. The van der Waals surface area contributed by atoms with Crippen LogP contribution in [0.15, 0.2) is 24.3 Å². The standard InChI is InChI=1S/C15H19F3N2O3/c16-15(17,18)11-23-10-9-19-5-7-20(8-6-19)14(22)12-1-3-13(21)4-2-12/h1-4,21H,5-11H2. The number of hydrogen-bond donors (Lipinski definition) is 1. The number of rotatable bonds is 5. The van der Waals surface area contributed by atoms with Crippen molar-refractivity contribution in [3.05, 3.63) is 29.8 Å². The molecule has 1 aliphatic heterocycles. The van der Waals surface area contributed by atoms with Crippen LogP contribution in [0.3, 0.4) is 0 Å². The second-order valence-electron chi connectivity index (χ2n) is 5.35. The maximum absolute atomic E-state index is 12.3. The van der Waals surface area contributed by atoms with Gasteiger partial charge >= 0.3 is 6.18 Å². The van der Waals surface area contributed by atoms with E-state index in [2.05, 4.69) is 4.74 Å². The third-order valence-electron chi connectivity index (χ3n) is 3.59. The second-order valence-corrected chi connectivity index (χ2v) is 5.35. The summed E-state index contributed by atoms with van der Waals surface area (Å²) in [5.41, 5.74) is 0.504. The zero-order chi connectivity index (χ0) is 16.9. The molecule has 1 amide bonds. The van der Waals surface area contributed by atoms with E-state index >= 15 is 0 Å². The molecule has 1 heterocycles. The predicted molar refractivity (Wildman–Crippen MR) is 77.3 cm³/mol. The van der Waals surface area contributed by atoms with Crippen molar-refractivity contribution in [1.82, 2.24) is 9.80 Å². The van der Waals surface area contributed by atoms with E-state index in [0.717, 1.165) is 0 Å². The van der Waals surface area contributed by atoms with Gasteiger partial charge in [0.15, 0.2) is 0 Å². The van der Waals surface area contributed by atoms with Gasteiger partial charge in [-0.3, -0.25) is 9.69 Å². The SMILES string of the molecule is O=C(c1ccc(O)cc1)N1CCN(CCOCC(F)(F)F)CC1. The van der Waals surface area contributed by atoms with Gasteiger partial charge in [0.25, 0.3) is 5.91 Å². The highest BCUT2D eigenvalue weighted by Gasteiger charge is 2.27. The van der Waals surface area contributed by atoms with E-state index in [9.17, 15) is 23.1 Å². The molecular weight excluding hydrogens is 313 g/mol. The van der Waals surface area contributed by atoms with E-state index in [1.807, 2.05) is 4.90 Å². The number of benzene rings is 1. The van der Waals surface area contributed by atoms with Crippen LogP contribution in [0.5, 0.6) is 5.75 Å². The summed E-state index contributed by atoms with van der Waals surface area (Å²) in [6, 6.07) is 6.05. The van der Waals surface area contributed by atoms with Crippen molar-refractivity contribution < 1.29 is 27.8 Å². The molecule has 1 aromatic carbocycles. The van der Waals surface area contributed by atoms with Gasteiger partial charge < -0.3 is 14.7 Å². The highest BCUT2D eigenvalue weighted by molar-refractivity contribution is 5.94. The smallest absolute Gasteiger partial charge is 0.411 e. The quantitative estimate of drug-likeness (QED) is 0.835. The third kappa shape index (κ3) is 5.72. The van der Waals surface area contributed by atoms with Gasteiger partial charge in [-0.25, -0.2) is 0 Å². The van der Waals surface area contributed by atoms with E-state index in [-0.39, 0.29) is 18.3 Å². The summed E-state index contributed by atoms with van der Waals surface area (Å²) in [6.45, 7) is 1.42. The third-order valence-corrected chi connectivity index (χ3v) is 3.59. The first-order valence-electron chi connectivity index (χ1n) is 7.30. The Hall–Kier alpha value is -1.80. The first kappa shape index (κ1) is 17.6. The van der Waals surface area contributed by atoms with Crippen LogP contribution in [0.2, 0.25) is 0 Å². The van der Waals surface area contributed by atoms with Crippen molar-refractivity contribution in [2.45, 2.75) is 6.18 Å². The minimum absolute atomic E-state index is 0.0193. The summed E-state index contributed by atoms with van der Waals surface area (Å²) in [5.74, 6) is -0.0109. The molecule has 0 atom stereocenters. The molecule has 2 rings (SSSR count). The summed E-state index contributed by atoms with van der Waals surface area (Å²) >= 11 is 0. The van der Waals surface area contributed by atoms with Gasteiger partial charge in [0, 0.05) is 38.3 Å². The lowest BCUT2D eigenvalue weighted by Crippen LogP contribution is -2.49. The Morgan fingerprint density at radius 2 is 1.74 bits per heavy atom. The van der Waals surface area contributed by atoms with Crippen LogP contribution in [0.4, 0.5) is 13.2 Å². The number of ether oxygens (including phenoxy) is 1. The Morgan fingerprint density at radius 3 is 2.30 bits per heavy atom. The number of amides is 1. The van der Waals surface area contributed by atoms with E-state index in [1.54, 1.807) is 17.0 Å².